The first-order valence-corrected chi connectivity index (χ1v) is 10.1. The Bertz CT molecular complexity index is 1090. The first-order valence-electron chi connectivity index (χ1n) is 10.1. The Morgan fingerprint density at radius 3 is 2.55 bits per heavy atom. The molecule has 1 aromatic heterocycles. The van der Waals surface area contributed by atoms with E-state index in [0.717, 1.165) is 28.6 Å². The van der Waals surface area contributed by atoms with Gasteiger partial charge >= 0.3 is 0 Å². The van der Waals surface area contributed by atoms with Gasteiger partial charge in [0.25, 0.3) is 5.91 Å². The fourth-order valence-corrected chi connectivity index (χ4v) is 3.78. The van der Waals surface area contributed by atoms with Crippen molar-refractivity contribution in [1.82, 2.24) is 15.1 Å². The van der Waals surface area contributed by atoms with Crippen molar-refractivity contribution in [3.63, 3.8) is 0 Å². The number of aromatic nitrogens is 2. The predicted molar refractivity (Wildman–Crippen MR) is 115 cm³/mol. The number of hydrogen-bond donors (Lipinski definition) is 0. The van der Waals surface area contributed by atoms with Crippen LogP contribution in [0, 0.1) is 0 Å². The Balaban J connectivity index is 1.23. The average Bonchev–Trinajstić information content (AvgIpc) is 3.32. The molecule has 0 unspecified atom stereocenters. The van der Waals surface area contributed by atoms with Crippen molar-refractivity contribution in [3.05, 3.63) is 60.2 Å². The Hall–Kier alpha value is -3.81. The summed E-state index contributed by atoms with van der Waals surface area (Å²) in [7, 11) is 1.60. The highest BCUT2D eigenvalue weighted by Crippen LogP contribution is 2.35. The minimum Gasteiger partial charge on any atom is -0.497 e. The Kier molecular flexibility index (Phi) is 5.03. The van der Waals surface area contributed by atoms with Crippen molar-refractivity contribution < 1.29 is 19.0 Å². The Morgan fingerprint density at radius 2 is 1.77 bits per heavy atom. The molecule has 2 aliphatic heterocycles. The number of benzene rings is 2. The molecule has 3 heterocycles. The average molecular weight is 418 g/mol. The SMILES string of the molecule is COc1cccc(C(=O)N2CCN(c3ccc(-c4ccc5c(c4)OCO5)nn3)CC2)c1. The van der Waals surface area contributed by atoms with Crippen molar-refractivity contribution in [2.45, 2.75) is 0 Å². The lowest BCUT2D eigenvalue weighted by Crippen LogP contribution is -2.49. The van der Waals surface area contributed by atoms with Gasteiger partial charge in [0.1, 0.15) is 5.75 Å². The Morgan fingerprint density at radius 1 is 0.935 bits per heavy atom. The van der Waals surface area contributed by atoms with Crippen molar-refractivity contribution in [1.29, 1.82) is 0 Å². The number of nitrogens with zero attached hydrogens (tertiary/aromatic N) is 4. The van der Waals surface area contributed by atoms with Gasteiger partial charge in [-0.3, -0.25) is 4.79 Å². The molecule has 2 aromatic carbocycles. The fraction of sp³-hybridized carbons (Fsp3) is 0.261. The minimum atomic E-state index is 0.0165. The third kappa shape index (κ3) is 3.84. The second-order valence-corrected chi connectivity index (χ2v) is 7.36. The maximum absolute atomic E-state index is 12.8. The first-order chi connectivity index (χ1) is 15.2. The summed E-state index contributed by atoms with van der Waals surface area (Å²) < 4.78 is 16.0. The van der Waals surface area contributed by atoms with Crippen LogP contribution in [0.15, 0.2) is 54.6 Å². The number of rotatable bonds is 4. The summed E-state index contributed by atoms with van der Waals surface area (Å²) in [6, 6.07) is 16.9. The van der Waals surface area contributed by atoms with Crippen LogP contribution in [-0.2, 0) is 0 Å². The molecular weight excluding hydrogens is 396 g/mol. The molecule has 1 fully saturated rings. The molecule has 0 spiro atoms. The van der Waals surface area contributed by atoms with E-state index in [4.69, 9.17) is 14.2 Å². The van der Waals surface area contributed by atoms with Crippen molar-refractivity contribution in [3.8, 4) is 28.5 Å². The zero-order valence-electron chi connectivity index (χ0n) is 17.2. The number of carbonyl (C=O) groups excluding carboxylic acids is 1. The van der Waals surface area contributed by atoms with Crippen molar-refractivity contribution >= 4 is 11.7 Å². The zero-order valence-corrected chi connectivity index (χ0v) is 17.2. The highest BCUT2D eigenvalue weighted by atomic mass is 16.7. The van der Waals surface area contributed by atoms with E-state index in [9.17, 15) is 4.79 Å². The third-order valence-electron chi connectivity index (χ3n) is 5.53. The molecule has 0 aliphatic carbocycles. The molecule has 2 aliphatic rings. The number of fused-ring (bicyclic) bond motifs is 1. The summed E-state index contributed by atoms with van der Waals surface area (Å²) in [5, 5.41) is 8.79. The molecule has 0 saturated carbocycles. The number of methoxy groups -OCH3 is 1. The molecule has 31 heavy (non-hydrogen) atoms. The summed E-state index contributed by atoms with van der Waals surface area (Å²) in [5.41, 5.74) is 2.34. The third-order valence-corrected chi connectivity index (χ3v) is 5.53. The van der Waals surface area contributed by atoms with E-state index in [1.807, 2.05) is 53.4 Å². The van der Waals surface area contributed by atoms with Crippen molar-refractivity contribution in [2.75, 3.05) is 45.0 Å². The van der Waals surface area contributed by atoms with Gasteiger partial charge in [-0.2, -0.15) is 0 Å². The van der Waals surface area contributed by atoms with E-state index in [0.29, 0.717) is 37.5 Å². The monoisotopic (exact) mass is 418 g/mol. The summed E-state index contributed by atoms with van der Waals surface area (Å²) in [6.45, 7) is 2.90. The second-order valence-electron chi connectivity index (χ2n) is 7.36. The highest BCUT2D eigenvalue weighted by Gasteiger charge is 2.23. The lowest BCUT2D eigenvalue weighted by molar-refractivity contribution is 0.0746. The number of piperazine rings is 1. The van der Waals surface area contributed by atoms with Crippen LogP contribution in [0.1, 0.15) is 10.4 Å². The van der Waals surface area contributed by atoms with Crippen LogP contribution in [-0.4, -0.2) is 61.1 Å². The lowest BCUT2D eigenvalue weighted by atomic mass is 10.1. The van der Waals surface area contributed by atoms with Gasteiger partial charge in [-0.05, 0) is 48.5 Å². The number of amides is 1. The number of hydrogen-bond acceptors (Lipinski definition) is 7. The summed E-state index contributed by atoms with van der Waals surface area (Å²) in [4.78, 5) is 16.8. The van der Waals surface area contributed by atoms with Crippen LogP contribution in [0.5, 0.6) is 17.2 Å². The molecule has 3 aromatic rings. The predicted octanol–water partition coefficient (Wildman–Crippen LogP) is 2.84. The molecule has 1 amide bonds. The summed E-state index contributed by atoms with van der Waals surface area (Å²) >= 11 is 0. The van der Waals surface area contributed by atoms with E-state index >= 15 is 0 Å². The molecule has 1 saturated heterocycles. The number of carbonyl (C=O) groups is 1. The van der Waals surface area contributed by atoms with Crippen LogP contribution in [0.3, 0.4) is 0 Å². The smallest absolute Gasteiger partial charge is 0.254 e. The molecule has 158 valence electrons. The minimum absolute atomic E-state index is 0.0165. The largest absolute Gasteiger partial charge is 0.497 e. The van der Waals surface area contributed by atoms with Crippen LogP contribution < -0.4 is 19.1 Å². The number of anilines is 1. The topological polar surface area (TPSA) is 77.0 Å². The van der Waals surface area contributed by atoms with Crippen LogP contribution in [0.2, 0.25) is 0 Å². The van der Waals surface area contributed by atoms with E-state index in [-0.39, 0.29) is 12.7 Å². The Labute approximate surface area is 180 Å². The maximum atomic E-state index is 12.8. The first kappa shape index (κ1) is 19.2. The molecule has 5 rings (SSSR count). The van der Waals surface area contributed by atoms with Gasteiger partial charge in [-0.15, -0.1) is 10.2 Å². The van der Waals surface area contributed by atoms with Gasteiger partial charge in [-0.1, -0.05) is 6.07 Å². The van der Waals surface area contributed by atoms with Crippen LogP contribution >= 0.6 is 0 Å². The standard InChI is InChI=1S/C23H22N4O4/c1-29-18-4-2-3-17(13-18)23(28)27-11-9-26(10-12-27)22-8-6-19(24-25-22)16-5-7-20-21(14-16)31-15-30-20/h2-8,13-14H,9-12,15H2,1H3. The summed E-state index contributed by atoms with van der Waals surface area (Å²) in [5.74, 6) is 2.97. The lowest BCUT2D eigenvalue weighted by Gasteiger charge is -2.35. The van der Waals surface area contributed by atoms with E-state index in [1.165, 1.54) is 0 Å². The molecular formula is C23H22N4O4. The highest BCUT2D eigenvalue weighted by molar-refractivity contribution is 5.94. The van der Waals surface area contributed by atoms with E-state index < -0.39 is 0 Å². The molecule has 8 heteroatoms. The number of ether oxygens (including phenoxy) is 3. The van der Waals surface area contributed by atoms with Gasteiger partial charge in [-0.25, -0.2) is 0 Å². The van der Waals surface area contributed by atoms with E-state index in [1.54, 1.807) is 13.2 Å². The van der Waals surface area contributed by atoms with Crippen molar-refractivity contribution in [2.24, 2.45) is 0 Å². The molecule has 0 radical (unpaired) electrons. The second kappa shape index (κ2) is 8.14. The van der Waals surface area contributed by atoms with Gasteiger partial charge in [0.2, 0.25) is 6.79 Å². The van der Waals surface area contributed by atoms with Gasteiger partial charge in [0, 0.05) is 37.3 Å². The van der Waals surface area contributed by atoms with Gasteiger partial charge < -0.3 is 24.0 Å². The van der Waals surface area contributed by atoms with E-state index in [2.05, 4.69) is 15.1 Å². The maximum Gasteiger partial charge on any atom is 0.254 e. The molecule has 8 nitrogen and oxygen atoms in total. The van der Waals surface area contributed by atoms with Crippen LogP contribution in [0.25, 0.3) is 11.3 Å². The quantitative estimate of drug-likeness (QED) is 0.645. The normalized spacial score (nSPS) is 15.1. The molecule has 0 atom stereocenters. The van der Waals surface area contributed by atoms with Gasteiger partial charge in [0.05, 0.1) is 12.8 Å². The molecule has 0 bridgehead atoms. The van der Waals surface area contributed by atoms with Crippen LogP contribution in [0.4, 0.5) is 5.82 Å². The molecule has 0 N–H and O–H groups in total. The summed E-state index contributed by atoms with van der Waals surface area (Å²) in [6.07, 6.45) is 0. The zero-order chi connectivity index (χ0) is 21.2. The van der Waals surface area contributed by atoms with Gasteiger partial charge in [0.15, 0.2) is 17.3 Å². The fourth-order valence-electron chi connectivity index (χ4n) is 3.78.